The van der Waals surface area contributed by atoms with Gasteiger partial charge in [-0.3, -0.25) is 4.79 Å². The summed E-state index contributed by atoms with van der Waals surface area (Å²) in [6.45, 7) is 0. The van der Waals surface area contributed by atoms with Crippen LogP contribution in [0.1, 0.15) is 12.8 Å². The summed E-state index contributed by atoms with van der Waals surface area (Å²) in [7, 11) is 0. The minimum Gasteiger partial charge on any atom is -0.435 e. The second-order valence-corrected chi connectivity index (χ2v) is 3.72. The molecule has 0 aromatic heterocycles. The first-order valence-electron chi connectivity index (χ1n) is 4.31. The van der Waals surface area contributed by atoms with Gasteiger partial charge in [-0.25, -0.2) is 0 Å². The Morgan fingerprint density at radius 1 is 1.33 bits per heavy atom. The molecule has 3 saturated heterocycles. The van der Waals surface area contributed by atoms with E-state index in [0.29, 0.717) is 0 Å². The van der Waals surface area contributed by atoms with E-state index in [1.54, 1.807) is 0 Å². The summed E-state index contributed by atoms with van der Waals surface area (Å²) in [4.78, 5) is 11.2. The molecule has 4 heteroatoms. The van der Waals surface area contributed by atoms with E-state index in [0.717, 1.165) is 12.8 Å². The average molecular weight is 170 g/mol. The van der Waals surface area contributed by atoms with Crippen LogP contribution in [0.3, 0.4) is 0 Å². The third kappa shape index (κ3) is 0.630. The molecule has 0 saturated carbocycles. The van der Waals surface area contributed by atoms with E-state index in [2.05, 4.69) is 0 Å². The molecule has 0 aliphatic carbocycles. The molecular weight excluding hydrogens is 160 g/mol. The highest BCUT2D eigenvalue weighted by Gasteiger charge is 2.60. The number of hydrogen-bond acceptors (Lipinski definition) is 4. The molecule has 3 heterocycles. The SMILES string of the molecule is O=C1OC(O)C2C1C1CC[C@@H]2O1. The fourth-order valence-electron chi connectivity index (χ4n) is 2.66. The largest absolute Gasteiger partial charge is 0.435 e. The number of esters is 1. The van der Waals surface area contributed by atoms with Crippen LogP contribution in [0, 0.1) is 11.8 Å². The number of hydrogen-bond donors (Lipinski definition) is 1. The van der Waals surface area contributed by atoms with Crippen molar-refractivity contribution >= 4 is 5.97 Å². The zero-order valence-corrected chi connectivity index (χ0v) is 6.47. The minimum absolute atomic E-state index is 0.0182. The summed E-state index contributed by atoms with van der Waals surface area (Å²) >= 11 is 0. The number of rotatable bonds is 0. The van der Waals surface area contributed by atoms with Crippen molar-refractivity contribution in [3.05, 3.63) is 0 Å². The molecule has 1 N–H and O–H groups in total. The topological polar surface area (TPSA) is 55.8 Å². The first-order chi connectivity index (χ1) is 5.77. The molecule has 0 amide bonds. The second kappa shape index (κ2) is 2.00. The van der Waals surface area contributed by atoms with Crippen molar-refractivity contribution in [1.29, 1.82) is 0 Å². The van der Waals surface area contributed by atoms with Gasteiger partial charge in [0.2, 0.25) is 6.29 Å². The zero-order chi connectivity index (χ0) is 8.29. The maximum atomic E-state index is 11.2. The summed E-state index contributed by atoms with van der Waals surface area (Å²) in [5.41, 5.74) is 0. The van der Waals surface area contributed by atoms with Gasteiger partial charge in [-0.1, -0.05) is 0 Å². The van der Waals surface area contributed by atoms with E-state index < -0.39 is 6.29 Å². The molecule has 0 aromatic rings. The van der Waals surface area contributed by atoms with Gasteiger partial charge in [0.25, 0.3) is 0 Å². The highest BCUT2D eigenvalue weighted by atomic mass is 16.7. The third-order valence-electron chi connectivity index (χ3n) is 3.17. The van der Waals surface area contributed by atoms with E-state index in [9.17, 15) is 9.90 Å². The standard InChI is InChI=1S/C8H10O4/c9-7-5-3-1-2-4(11-3)6(5)8(10)12-7/h3-7,9H,1-2H2/t3-,4?,5?,6?,7?/m0/s1. The van der Waals surface area contributed by atoms with Crippen LogP contribution in [0.4, 0.5) is 0 Å². The average Bonchev–Trinajstić information content (AvgIpc) is 2.64. The van der Waals surface area contributed by atoms with Gasteiger partial charge < -0.3 is 14.6 Å². The summed E-state index contributed by atoms with van der Waals surface area (Å²) in [6, 6.07) is 0. The van der Waals surface area contributed by atoms with Crippen molar-refractivity contribution in [2.45, 2.75) is 31.3 Å². The van der Waals surface area contributed by atoms with Gasteiger partial charge in [0.1, 0.15) is 0 Å². The van der Waals surface area contributed by atoms with Crippen LogP contribution < -0.4 is 0 Å². The van der Waals surface area contributed by atoms with Gasteiger partial charge in [-0.15, -0.1) is 0 Å². The predicted molar refractivity (Wildman–Crippen MR) is 37.0 cm³/mol. The van der Waals surface area contributed by atoms with Crippen molar-refractivity contribution < 1.29 is 19.4 Å². The molecule has 2 bridgehead atoms. The van der Waals surface area contributed by atoms with E-state index in [1.807, 2.05) is 0 Å². The Morgan fingerprint density at radius 3 is 2.83 bits per heavy atom. The molecule has 3 aliphatic heterocycles. The molecular formula is C8H10O4. The number of cyclic esters (lactones) is 1. The molecule has 4 nitrogen and oxygen atoms in total. The Bertz CT molecular complexity index is 239. The number of aliphatic hydroxyl groups is 1. The van der Waals surface area contributed by atoms with Crippen LogP contribution in [-0.2, 0) is 14.3 Å². The molecule has 3 rings (SSSR count). The molecule has 4 unspecified atom stereocenters. The molecule has 0 spiro atoms. The lowest BCUT2D eigenvalue weighted by Crippen LogP contribution is -2.30. The van der Waals surface area contributed by atoms with Gasteiger partial charge in [0.05, 0.1) is 24.0 Å². The van der Waals surface area contributed by atoms with Crippen LogP contribution in [0.25, 0.3) is 0 Å². The monoisotopic (exact) mass is 170 g/mol. The molecule has 3 fully saturated rings. The molecule has 0 radical (unpaired) electrons. The Balaban J connectivity index is 1.97. The number of carbonyl (C=O) groups is 1. The van der Waals surface area contributed by atoms with E-state index in [-0.39, 0.29) is 30.0 Å². The predicted octanol–water partition coefficient (Wildman–Crippen LogP) is -0.345. The Morgan fingerprint density at radius 2 is 2.08 bits per heavy atom. The Hall–Kier alpha value is -0.610. The number of ether oxygens (including phenoxy) is 2. The van der Waals surface area contributed by atoms with Crippen molar-refractivity contribution in [3.8, 4) is 0 Å². The highest BCUT2D eigenvalue weighted by Crippen LogP contribution is 2.48. The summed E-state index contributed by atoms with van der Waals surface area (Å²) in [5, 5.41) is 9.37. The number of carbonyl (C=O) groups excluding carboxylic acids is 1. The normalized spacial score (nSPS) is 55.8. The lowest BCUT2D eigenvalue weighted by molar-refractivity contribution is -0.162. The fraction of sp³-hybridized carbons (Fsp3) is 0.875. The van der Waals surface area contributed by atoms with Crippen LogP contribution in [0.2, 0.25) is 0 Å². The van der Waals surface area contributed by atoms with E-state index >= 15 is 0 Å². The van der Waals surface area contributed by atoms with Crippen molar-refractivity contribution in [3.63, 3.8) is 0 Å². The van der Waals surface area contributed by atoms with Crippen LogP contribution >= 0.6 is 0 Å². The maximum Gasteiger partial charge on any atom is 0.314 e. The smallest absolute Gasteiger partial charge is 0.314 e. The first-order valence-corrected chi connectivity index (χ1v) is 4.31. The van der Waals surface area contributed by atoms with Crippen molar-refractivity contribution in [1.82, 2.24) is 0 Å². The summed E-state index contributed by atoms with van der Waals surface area (Å²) in [5.74, 6) is -0.547. The van der Waals surface area contributed by atoms with Gasteiger partial charge in [-0.05, 0) is 12.8 Å². The van der Waals surface area contributed by atoms with Gasteiger partial charge >= 0.3 is 5.97 Å². The van der Waals surface area contributed by atoms with Gasteiger partial charge in [0, 0.05) is 0 Å². The minimum atomic E-state index is -0.919. The molecule has 66 valence electrons. The first kappa shape index (κ1) is 6.86. The Labute approximate surface area is 69.5 Å². The summed E-state index contributed by atoms with van der Waals surface area (Å²) < 4.78 is 10.3. The van der Waals surface area contributed by atoms with E-state index in [4.69, 9.17) is 9.47 Å². The number of fused-ring (bicyclic) bond motifs is 5. The third-order valence-corrected chi connectivity index (χ3v) is 3.17. The van der Waals surface area contributed by atoms with Crippen LogP contribution in [-0.4, -0.2) is 29.6 Å². The second-order valence-electron chi connectivity index (χ2n) is 3.72. The van der Waals surface area contributed by atoms with Gasteiger partial charge in [0.15, 0.2) is 0 Å². The van der Waals surface area contributed by atoms with Crippen LogP contribution in [0.5, 0.6) is 0 Å². The Kier molecular flexibility index (Phi) is 1.14. The maximum absolute atomic E-state index is 11.2. The quantitative estimate of drug-likeness (QED) is 0.505. The highest BCUT2D eigenvalue weighted by molar-refractivity contribution is 5.76. The summed E-state index contributed by atoms with van der Waals surface area (Å²) in [6.07, 6.45) is 1.05. The molecule has 12 heavy (non-hydrogen) atoms. The van der Waals surface area contributed by atoms with E-state index in [1.165, 1.54) is 0 Å². The zero-order valence-electron chi connectivity index (χ0n) is 6.47. The lowest BCUT2D eigenvalue weighted by atomic mass is 9.81. The lowest BCUT2D eigenvalue weighted by Gasteiger charge is -2.17. The van der Waals surface area contributed by atoms with Gasteiger partial charge in [-0.2, -0.15) is 0 Å². The van der Waals surface area contributed by atoms with Crippen molar-refractivity contribution in [2.75, 3.05) is 0 Å². The molecule has 3 aliphatic rings. The van der Waals surface area contributed by atoms with Crippen molar-refractivity contribution in [2.24, 2.45) is 11.8 Å². The number of aliphatic hydroxyl groups excluding tert-OH is 1. The fourth-order valence-corrected chi connectivity index (χ4v) is 2.66. The van der Waals surface area contributed by atoms with Crippen LogP contribution in [0.15, 0.2) is 0 Å². The molecule has 5 atom stereocenters. The molecule has 0 aromatic carbocycles.